The van der Waals surface area contributed by atoms with Crippen LogP contribution in [0.5, 0.6) is 0 Å². The highest BCUT2D eigenvalue weighted by Crippen LogP contribution is 2.37. The van der Waals surface area contributed by atoms with Gasteiger partial charge in [0.15, 0.2) is 0 Å². The third kappa shape index (κ3) is 4.46. The number of hydrogen-bond acceptors (Lipinski definition) is 2. The smallest absolute Gasteiger partial charge is 0.0998 e. The molecule has 0 radical (unpaired) electrons. The molecule has 2 heterocycles. The van der Waals surface area contributed by atoms with Gasteiger partial charge in [0, 0.05) is 44.0 Å². The summed E-state index contributed by atoms with van der Waals surface area (Å²) >= 11 is 0. The van der Waals surface area contributed by atoms with Crippen molar-refractivity contribution in [3.8, 4) is 45.8 Å². The van der Waals surface area contributed by atoms with Gasteiger partial charge in [-0.05, 0) is 94.7 Å². The molecule has 0 aliphatic carbocycles. The van der Waals surface area contributed by atoms with E-state index in [0.717, 1.165) is 66.5 Å². The van der Waals surface area contributed by atoms with Crippen molar-refractivity contribution >= 4 is 54.4 Å². The van der Waals surface area contributed by atoms with E-state index in [2.05, 4.69) is 167 Å². The van der Waals surface area contributed by atoms with Crippen LogP contribution in [0.2, 0.25) is 0 Å². The summed E-state index contributed by atoms with van der Waals surface area (Å²) in [6.07, 6.45) is 0. The number of nitriles is 2. The van der Waals surface area contributed by atoms with Crippen LogP contribution in [-0.4, -0.2) is 9.13 Å². The van der Waals surface area contributed by atoms with Gasteiger partial charge in [-0.2, -0.15) is 10.5 Å². The minimum atomic E-state index is 0.626. The zero-order valence-electron chi connectivity index (χ0n) is 28.0. The molecular formula is C48H28N4. The fourth-order valence-electron chi connectivity index (χ4n) is 8.00. The van der Waals surface area contributed by atoms with E-state index in [-0.39, 0.29) is 0 Å². The Bertz CT molecular complexity index is 2840. The van der Waals surface area contributed by atoms with Crippen molar-refractivity contribution in [2.24, 2.45) is 0 Å². The van der Waals surface area contributed by atoms with Crippen molar-refractivity contribution in [1.82, 2.24) is 9.13 Å². The van der Waals surface area contributed by atoms with Gasteiger partial charge in [-0.15, -0.1) is 0 Å². The summed E-state index contributed by atoms with van der Waals surface area (Å²) < 4.78 is 4.56. The second-order valence-corrected chi connectivity index (χ2v) is 13.2. The van der Waals surface area contributed by atoms with E-state index in [1.807, 2.05) is 24.3 Å². The lowest BCUT2D eigenvalue weighted by molar-refractivity contribution is 1.18. The van der Waals surface area contributed by atoms with Gasteiger partial charge >= 0.3 is 0 Å². The fraction of sp³-hybridized carbons (Fsp3) is 0. The Morgan fingerprint density at radius 1 is 0.346 bits per heavy atom. The van der Waals surface area contributed by atoms with Crippen molar-refractivity contribution in [2.75, 3.05) is 0 Å². The molecule has 10 rings (SSSR count). The van der Waals surface area contributed by atoms with Gasteiger partial charge < -0.3 is 9.13 Å². The first-order valence-corrected chi connectivity index (χ1v) is 17.3. The molecule has 2 aromatic heterocycles. The SMILES string of the molecule is N#Cc1ccc(-n2c3ccccc3c3ccccc32)cc1-c1ccc2cc(-c3cc(-n4c5ccccc5c5ccccc54)ccc3C#N)ccc2c1. The van der Waals surface area contributed by atoms with Crippen LogP contribution in [0.1, 0.15) is 11.1 Å². The lowest BCUT2D eigenvalue weighted by atomic mass is 9.94. The summed E-state index contributed by atoms with van der Waals surface area (Å²) in [5.74, 6) is 0. The second-order valence-electron chi connectivity index (χ2n) is 13.2. The minimum Gasteiger partial charge on any atom is -0.309 e. The summed E-state index contributed by atoms with van der Waals surface area (Å²) in [5.41, 5.74) is 11.5. The standard InChI is InChI=1S/C48H28N4/c49-29-35-21-23-37(51-45-13-5-1-9-39(45)40-10-2-6-14-46(40)51)27-43(35)33-19-17-32-26-34(20-18-31(32)25-33)44-28-38(24-22-36(44)30-50)52-47-15-7-3-11-41(47)42-12-4-8-16-48(42)52/h1-28H. The second kappa shape index (κ2) is 11.6. The summed E-state index contributed by atoms with van der Waals surface area (Å²) in [6.45, 7) is 0. The van der Waals surface area contributed by atoms with Crippen LogP contribution >= 0.6 is 0 Å². The molecule has 0 spiro atoms. The molecule has 0 fully saturated rings. The molecular weight excluding hydrogens is 633 g/mol. The van der Waals surface area contributed by atoms with Gasteiger partial charge in [0.2, 0.25) is 0 Å². The largest absolute Gasteiger partial charge is 0.309 e. The van der Waals surface area contributed by atoms with E-state index < -0.39 is 0 Å². The minimum absolute atomic E-state index is 0.626. The summed E-state index contributed by atoms with van der Waals surface area (Å²) in [7, 11) is 0. The van der Waals surface area contributed by atoms with Crippen molar-refractivity contribution in [1.29, 1.82) is 10.5 Å². The topological polar surface area (TPSA) is 57.4 Å². The van der Waals surface area contributed by atoms with Crippen LogP contribution in [-0.2, 0) is 0 Å². The Hall–Kier alpha value is -7.40. The van der Waals surface area contributed by atoms with Crippen LogP contribution < -0.4 is 0 Å². The summed E-state index contributed by atoms with van der Waals surface area (Å²) in [5, 5.41) is 27.3. The Balaban J connectivity index is 1.08. The highest BCUT2D eigenvalue weighted by molar-refractivity contribution is 6.10. The quantitative estimate of drug-likeness (QED) is 0.189. The zero-order chi connectivity index (χ0) is 34.8. The normalized spacial score (nSPS) is 11.4. The molecule has 0 bridgehead atoms. The Labute approximate surface area is 299 Å². The molecule has 0 atom stereocenters. The maximum absolute atomic E-state index is 10.2. The first kappa shape index (κ1) is 29.5. The number of rotatable bonds is 4. The van der Waals surface area contributed by atoms with Gasteiger partial charge in [-0.3, -0.25) is 0 Å². The van der Waals surface area contributed by atoms with E-state index in [1.165, 1.54) is 21.5 Å². The van der Waals surface area contributed by atoms with Gasteiger partial charge in [0.05, 0.1) is 45.3 Å². The average molecular weight is 661 g/mol. The van der Waals surface area contributed by atoms with E-state index >= 15 is 0 Å². The van der Waals surface area contributed by atoms with Crippen molar-refractivity contribution < 1.29 is 0 Å². The highest BCUT2D eigenvalue weighted by atomic mass is 15.0. The lowest BCUT2D eigenvalue weighted by Crippen LogP contribution is -1.96. The van der Waals surface area contributed by atoms with Gasteiger partial charge in [0.25, 0.3) is 0 Å². The number of hydrogen-bond donors (Lipinski definition) is 0. The summed E-state index contributed by atoms with van der Waals surface area (Å²) in [4.78, 5) is 0. The molecule has 0 aliphatic heterocycles. The Morgan fingerprint density at radius 2 is 0.692 bits per heavy atom. The van der Waals surface area contributed by atoms with Crippen LogP contribution in [0.15, 0.2) is 170 Å². The molecule has 0 N–H and O–H groups in total. The van der Waals surface area contributed by atoms with Gasteiger partial charge in [-0.1, -0.05) is 97.1 Å². The van der Waals surface area contributed by atoms with Crippen molar-refractivity contribution in [3.63, 3.8) is 0 Å². The van der Waals surface area contributed by atoms with Crippen LogP contribution in [0.3, 0.4) is 0 Å². The van der Waals surface area contributed by atoms with Crippen LogP contribution in [0.25, 0.3) is 88.0 Å². The van der Waals surface area contributed by atoms with Gasteiger partial charge in [-0.25, -0.2) is 0 Å². The molecule has 0 saturated heterocycles. The van der Waals surface area contributed by atoms with Crippen LogP contribution in [0, 0.1) is 22.7 Å². The number of benzene rings is 8. The Kier molecular flexibility index (Phi) is 6.58. The Morgan fingerprint density at radius 3 is 1.04 bits per heavy atom. The number of aromatic nitrogens is 2. The number of nitrogens with zero attached hydrogens (tertiary/aromatic N) is 4. The van der Waals surface area contributed by atoms with Crippen molar-refractivity contribution in [2.45, 2.75) is 0 Å². The third-order valence-electron chi connectivity index (χ3n) is 10.4. The van der Waals surface area contributed by atoms with Gasteiger partial charge in [0.1, 0.15) is 0 Å². The molecule has 52 heavy (non-hydrogen) atoms. The van der Waals surface area contributed by atoms with E-state index in [1.54, 1.807) is 0 Å². The van der Waals surface area contributed by atoms with E-state index in [0.29, 0.717) is 11.1 Å². The predicted octanol–water partition coefficient (Wildman–Crippen LogP) is 12.1. The number of para-hydroxylation sites is 4. The number of fused-ring (bicyclic) bond motifs is 7. The average Bonchev–Trinajstić information content (AvgIpc) is 3.73. The predicted molar refractivity (Wildman–Crippen MR) is 213 cm³/mol. The maximum atomic E-state index is 10.2. The monoisotopic (exact) mass is 660 g/mol. The van der Waals surface area contributed by atoms with Crippen LogP contribution in [0.4, 0.5) is 0 Å². The molecule has 0 aliphatic rings. The molecule has 240 valence electrons. The molecule has 0 saturated carbocycles. The molecule has 4 heteroatoms. The van der Waals surface area contributed by atoms with Crippen molar-refractivity contribution in [3.05, 3.63) is 181 Å². The molecule has 4 nitrogen and oxygen atoms in total. The first-order valence-electron chi connectivity index (χ1n) is 17.3. The lowest BCUT2D eigenvalue weighted by Gasteiger charge is -2.14. The van der Waals surface area contributed by atoms with E-state index in [9.17, 15) is 10.5 Å². The fourth-order valence-corrected chi connectivity index (χ4v) is 8.00. The third-order valence-corrected chi connectivity index (χ3v) is 10.4. The molecule has 10 aromatic rings. The highest BCUT2D eigenvalue weighted by Gasteiger charge is 2.16. The molecule has 0 unspecified atom stereocenters. The summed E-state index contributed by atoms with van der Waals surface area (Å²) in [6, 6.07) is 63.6. The molecule has 8 aromatic carbocycles. The zero-order valence-corrected chi connectivity index (χ0v) is 28.0. The first-order chi connectivity index (χ1) is 25.7. The maximum Gasteiger partial charge on any atom is 0.0998 e. The van der Waals surface area contributed by atoms with E-state index in [4.69, 9.17) is 0 Å². The molecule has 0 amide bonds.